The van der Waals surface area contributed by atoms with Crippen molar-refractivity contribution in [2.75, 3.05) is 0 Å². The lowest BCUT2D eigenvalue weighted by molar-refractivity contribution is -0.124. The normalized spacial score (nSPS) is 12.2. The lowest BCUT2D eigenvalue weighted by atomic mass is 10.2. The fraction of sp³-hybridized carbons (Fsp3) is 0.364. The van der Waals surface area contributed by atoms with Crippen LogP contribution in [0.25, 0.3) is 0 Å². The molecular formula is C11H13IO2. The van der Waals surface area contributed by atoms with Gasteiger partial charge in [-0.1, -0.05) is 13.0 Å². The van der Waals surface area contributed by atoms with E-state index in [1.54, 1.807) is 6.92 Å². The van der Waals surface area contributed by atoms with Crippen molar-refractivity contribution in [3.63, 3.8) is 0 Å². The highest BCUT2D eigenvalue weighted by Gasteiger charge is 2.11. The molecule has 2 nitrogen and oxygen atoms in total. The van der Waals surface area contributed by atoms with Gasteiger partial charge in [0, 0.05) is 9.99 Å². The molecule has 0 bridgehead atoms. The quantitative estimate of drug-likeness (QED) is 0.799. The predicted octanol–water partition coefficient (Wildman–Crippen LogP) is 3.04. The molecule has 0 amide bonds. The number of Topliss-reactive ketones (excluding diaryl/α,β-unsaturated/α-hetero) is 1. The van der Waals surface area contributed by atoms with Crippen molar-refractivity contribution in [3.05, 3.63) is 27.8 Å². The van der Waals surface area contributed by atoms with Crippen LogP contribution >= 0.6 is 22.6 Å². The van der Waals surface area contributed by atoms with Crippen LogP contribution in [0.4, 0.5) is 0 Å². The molecule has 76 valence electrons. The van der Waals surface area contributed by atoms with Crippen molar-refractivity contribution >= 4 is 28.4 Å². The minimum Gasteiger partial charge on any atom is -0.483 e. The average Bonchev–Trinajstić information content (AvgIpc) is 2.16. The SMILES string of the molecule is CCC(=O)C(C)Oc1cccc(I)c1. The van der Waals surface area contributed by atoms with Crippen LogP contribution in [-0.2, 0) is 4.79 Å². The summed E-state index contributed by atoms with van der Waals surface area (Å²) in [5.74, 6) is 0.884. The number of hydrogen-bond acceptors (Lipinski definition) is 2. The van der Waals surface area contributed by atoms with Crippen molar-refractivity contribution in [2.24, 2.45) is 0 Å². The van der Waals surface area contributed by atoms with Crippen molar-refractivity contribution < 1.29 is 9.53 Å². The Bertz CT molecular complexity index is 323. The lowest BCUT2D eigenvalue weighted by Crippen LogP contribution is -2.22. The highest BCUT2D eigenvalue weighted by atomic mass is 127. The molecule has 0 aromatic heterocycles. The Balaban J connectivity index is 2.64. The van der Waals surface area contributed by atoms with Crippen LogP contribution in [0.3, 0.4) is 0 Å². The minimum absolute atomic E-state index is 0.129. The van der Waals surface area contributed by atoms with Gasteiger partial charge in [0.1, 0.15) is 5.75 Å². The van der Waals surface area contributed by atoms with Gasteiger partial charge in [0.15, 0.2) is 11.9 Å². The van der Waals surface area contributed by atoms with Crippen LogP contribution in [0, 0.1) is 3.57 Å². The predicted molar refractivity (Wildman–Crippen MR) is 64.5 cm³/mol. The summed E-state index contributed by atoms with van der Waals surface area (Å²) in [5, 5.41) is 0. The number of carbonyl (C=O) groups is 1. The molecular weight excluding hydrogens is 291 g/mol. The first-order valence-electron chi connectivity index (χ1n) is 4.58. The smallest absolute Gasteiger partial charge is 0.172 e. The van der Waals surface area contributed by atoms with E-state index in [0.717, 1.165) is 9.32 Å². The standard InChI is InChI=1S/C11H13IO2/c1-3-11(13)8(2)14-10-6-4-5-9(12)7-10/h4-8H,3H2,1-2H3. The van der Waals surface area contributed by atoms with E-state index < -0.39 is 0 Å². The minimum atomic E-state index is -0.349. The molecule has 0 radical (unpaired) electrons. The second kappa shape index (κ2) is 5.34. The van der Waals surface area contributed by atoms with Crippen molar-refractivity contribution in [2.45, 2.75) is 26.4 Å². The number of hydrogen-bond donors (Lipinski definition) is 0. The van der Waals surface area contributed by atoms with Gasteiger partial charge in [-0.05, 0) is 47.7 Å². The third-order valence-electron chi connectivity index (χ3n) is 1.91. The highest BCUT2D eigenvalue weighted by molar-refractivity contribution is 14.1. The number of benzene rings is 1. The van der Waals surface area contributed by atoms with Gasteiger partial charge < -0.3 is 4.74 Å². The van der Waals surface area contributed by atoms with E-state index in [4.69, 9.17) is 4.74 Å². The van der Waals surface area contributed by atoms with E-state index >= 15 is 0 Å². The Labute approximate surface area is 97.8 Å². The summed E-state index contributed by atoms with van der Waals surface area (Å²) in [7, 11) is 0. The molecule has 0 aliphatic heterocycles. The van der Waals surface area contributed by atoms with Crippen LogP contribution in [0.1, 0.15) is 20.3 Å². The first-order valence-corrected chi connectivity index (χ1v) is 5.66. The van der Waals surface area contributed by atoms with Crippen molar-refractivity contribution in [1.82, 2.24) is 0 Å². The average molecular weight is 304 g/mol. The summed E-state index contributed by atoms with van der Waals surface area (Å²) in [5.41, 5.74) is 0. The summed E-state index contributed by atoms with van der Waals surface area (Å²) in [6.07, 6.45) is 0.170. The summed E-state index contributed by atoms with van der Waals surface area (Å²) < 4.78 is 6.60. The fourth-order valence-corrected chi connectivity index (χ4v) is 1.61. The Morgan fingerprint density at radius 1 is 1.57 bits per heavy atom. The molecule has 0 heterocycles. The van der Waals surface area contributed by atoms with E-state index in [-0.39, 0.29) is 11.9 Å². The summed E-state index contributed by atoms with van der Waals surface area (Å²) in [6, 6.07) is 7.68. The number of ether oxygens (including phenoxy) is 1. The number of rotatable bonds is 4. The molecule has 0 N–H and O–H groups in total. The van der Waals surface area contributed by atoms with E-state index in [2.05, 4.69) is 22.6 Å². The summed E-state index contributed by atoms with van der Waals surface area (Å²) in [6.45, 7) is 3.63. The maximum Gasteiger partial charge on any atom is 0.172 e. The molecule has 0 aliphatic carbocycles. The molecule has 1 aromatic carbocycles. The van der Waals surface area contributed by atoms with E-state index in [1.165, 1.54) is 0 Å². The second-order valence-corrected chi connectivity index (χ2v) is 4.28. The summed E-state index contributed by atoms with van der Waals surface area (Å²) in [4.78, 5) is 11.3. The fourth-order valence-electron chi connectivity index (χ4n) is 1.10. The van der Waals surface area contributed by atoms with Crippen molar-refractivity contribution in [1.29, 1.82) is 0 Å². The molecule has 1 unspecified atom stereocenters. The van der Waals surface area contributed by atoms with Gasteiger partial charge in [-0.25, -0.2) is 0 Å². The van der Waals surface area contributed by atoms with Gasteiger partial charge >= 0.3 is 0 Å². The van der Waals surface area contributed by atoms with E-state index in [9.17, 15) is 4.79 Å². The summed E-state index contributed by atoms with van der Waals surface area (Å²) >= 11 is 2.21. The molecule has 1 rings (SSSR count). The highest BCUT2D eigenvalue weighted by Crippen LogP contribution is 2.16. The first kappa shape index (κ1) is 11.5. The van der Waals surface area contributed by atoms with Crippen molar-refractivity contribution in [3.8, 4) is 5.75 Å². The number of halogens is 1. The molecule has 0 spiro atoms. The molecule has 1 atom stereocenters. The van der Waals surface area contributed by atoms with E-state index in [1.807, 2.05) is 31.2 Å². The Morgan fingerprint density at radius 2 is 2.29 bits per heavy atom. The van der Waals surface area contributed by atoms with Gasteiger partial charge in [-0.2, -0.15) is 0 Å². The van der Waals surface area contributed by atoms with Crippen LogP contribution in [-0.4, -0.2) is 11.9 Å². The van der Waals surface area contributed by atoms with Gasteiger partial charge in [0.25, 0.3) is 0 Å². The third kappa shape index (κ3) is 3.29. The van der Waals surface area contributed by atoms with Gasteiger partial charge in [0.05, 0.1) is 0 Å². The zero-order valence-electron chi connectivity index (χ0n) is 8.29. The number of ketones is 1. The Hall–Kier alpha value is -0.580. The van der Waals surface area contributed by atoms with Crippen LogP contribution in [0.15, 0.2) is 24.3 Å². The zero-order valence-corrected chi connectivity index (χ0v) is 10.4. The van der Waals surface area contributed by atoms with Crippen LogP contribution in [0.5, 0.6) is 5.75 Å². The maximum absolute atomic E-state index is 11.3. The van der Waals surface area contributed by atoms with Gasteiger partial charge in [-0.3, -0.25) is 4.79 Å². The lowest BCUT2D eigenvalue weighted by Gasteiger charge is -2.12. The monoisotopic (exact) mass is 304 g/mol. The molecule has 0 saturated heterocycles. The van der Waals surface area contributed by atoms with Crippen LogP contribution < -0.4 is 4.74 Å². The first-order chi connectivity index (χ1) is 6.63. The van der Waals surface area contributed by atoms with Crippen LogP contribution in [0.2, 0.25) is 0 Å². The Morgan fingerprint density at radius 3 is 2.86 bits per heavy atom. The van der Waals surface area contributed by atoms with Gasteiger partial charge in [-0.15, -0.1) is 0 Å². The largest absolute Gasteiger partial charge is 0.483 e. The molecule has 3 heteroatoms. The second-order valence-electron chi connectivity index (χ2n) is 3.04. The number of carbonyl (C=O) groups excluding carboxylic acids is 1. The molecule has 0 saturated carbocycles. The zero-order chi connectivity index (χ0) is 10.6. The maximum atomic E-state index is 11.3. The third-order valence-corrected chi connectivity index (χ3v) is 2.58. The molecule has 0 aliphatic rings. The molecule has 0 fully saturated rings. The molecule has 1 aromatic rings. The van der Waals surface area contributed by atoms with Gasteiger partial charge in [0.2, 0.25) is 0 Å². The van der Waals surface area contributed by atoms with E-state index in [0.29, 0.717) is 6.42 Å². The Kier molecular flexibility index (Phi) is 4.38. The topological polar surface area (TPSA) is 26.3 Å². The molecule has 14 heavy (non-hydrogen) atoms.